The van der Waals surface area contributed by atoms with Gasteiger partial charge in [-0.2, -0.15) is 0 Å². The summed E-state index contributed by atoms with van der Waals surface area (Å²) in [5.74, 6) is 1.98. The predicted octanol–water partition coefficient (Wildman–Crippen LogP) is 3.24. The number of anilines is 1. The van der Waals surface area contributed by atoms with Gasteiger partial charge >= 0.3 is 0 Å². The van der Waals surface area contributed by atoms with Gasteiger partial charge < -0.3 is 4.90 Å². The number of fused-ring (bicyclic) bond motifs is 2. The van der Waals surface area contributed by atoms with Gasteiger partial charge in [0.05, 0.1) is 6.20 Å². The Labute approximate surface area is 149 Å². The van der Waals surface area contributed by atoms with Crippen LogP contribution in [0.1, 0.15) is 36.8 Å². The molecule has 25 heavy (non-hydrogen) atoms. The Morgan fingerprint density at radius 1 is 1.08 bits per heavy atom. The fourth-order valence-electron chi connectivity index (χ4n) is 4.83. The maximum Gasteiger partial charge on any atom is 0.147 e. The van der Waals surface area contributed by atoms with E-state index in [9.17, 15) is 0 Å². The van der Waals surface area contributed by atoms with Crippen molar-refractivity contribution in [3.63, 3.8) is 0 Å². The lowest BCUT2D eigenvalue weighted by molar-refractivity contribution is 0.147. The van der Waals surface area contributed by atoms with Gasteiger partial charge in [-0.25, -0.2) is 4.98 Å². The van der Waals surface area contributed by atoms with E-state index in [4.69, 9.17) is 0 Å². The summed E-state index contributed by atoms with van der Waals surface area (Å²) < 4.78 is 0. The standard InChI is InChI=1S/C21H26N4/c1-2-4-19-18(3-1)15-24(14-17-5-6-17)16-21(19)7-11-25(12-8-21)20-13-22-9-10-23-20/h1-4,9-10,13,17H,5-8,11-12,14-16H2. The highest BCUT2D eigenvalue weighted by Gasteiger charge is 2.42. The van der Waals surface area contributed by atoms with Crippen molar-refractivity contribution in [1.29, 1.82) is 0 Å². The third-order valence-electron chi connectivity index (χ3n) is 6.32. The van der Waals surface area contributed by atoms with Crippen molar-refractivity contribution in [3.8, 4) is 0 Å². The first-order valence-corrected chi connectivity index (χ1v) is 9.64. The van der Waals surface area contributed by atoms with E-state index in [-0.39, 0.29) is 0 Å². The van der Waals surface area contributed by atoms with Gasteiger partial charge in [0.1, 0.15) is 5.82 Å². The Hall–Kier alpha value is -1.94. The monoisotopic (exact) mass is 334 g/mol. The van der Waals surface area contributed by atoms with E-state index in [2.05, 4.69) is 44.0 Å². The normalized spacial score (nSPS) is 22.8. The van der Waals surface area contributed by atoms with Crippen LogP contribution in [0.5, 0.6) is 0 Å². The highest BCUT2D eigenvalue weighted by atomic mass is 15.2. The molecule has 2 aromatic rings. The van der Waals surface area contributed by atoms with Crippen molar-refractivity contribution in [3.05, 3.63) is 54.0 Å². The second-order valence-electron chi connectivity index (χ2n) is 8.10. The van der Waals surface area contributed by atoms with E-state index in [0.717, 1.165) is 31.4 Å². The predicted molar refractivity (Wildman–Crippen MR) is 99.6 cm³/mol. The smallest absolute Gasteiger partial charge is 0.147 e. The lowest BCUT2D eigenvalue weighted by atomic mass is 9.69. The maximum atomic E-state index is 4.50. The molecule has 1 aromatic heterocycles. The second-order valence-corrected chi connectivity index (χ2v) is 8.10. The minimum Gasteiger partial charge on any atom is -0.355 e. The Balaban J connectivity index is 1.40. The molecule has 0 atom stereocenters. The SMILES string of the molecule is c1ccc2c(c1)CN(CC1CC1)CC21CCN(c2cnccn2)CC1. The summed E-state index contributed by atoms with van der Waals surface area (Å²) in [6.45, 7) is 5.82. The lowest BCUT2D eigenvalue weighted by Crippen LogP contribution is -2.52. The van der Waals surface area contributed by atoms with Gasteiger partial charge in [0.25, 0.3) is 0 Å². The minimum absolute atomic E-state index is 0.322. The van der Waals surface area contributed by atoms with Gasteiger partial charge in [0.2, 0.25) is 0 Å². The molecule has 1 spiro atoms. The van der Waals surface area contributed by atoms with Crippen LogP contribution >= 0.6 is 0 Å². The van der Waals surface area contributed by atoms with E-state index < -0.39 is 0 Å². The molecule has 130 valence electrons. The first kappa shape index (κ1) is 15.3. The molecule has 0 bridgehead atoms. The molecule has 1 aromatic carbocycles. The number of hydrogen-bond acceptors (Lipinski definition) is 4. The molecular formula is C21H26N4. The van der Waals surface area contributed by atoms with E-state index in [1.54, 1.807) is 23.5 Å². The topological polar surface area (TPSA) is 32.3 Å². The van der Waals surface area contributed by atoms with Gasteiger partial charge in [-0.05, 0) is 42.7 Å². The van der Waals surface area contributed by atoms with Crippen LogP contribution in [0.3, 0.4) is 0 Å². The number of rotatable bonds is 3. The van der Waals surface area contributed by atoms with Gasteiger partial charge in [-0.1, -0.05) is 24.3 Å². The van der Waals surface area contributed by atoms with Crippen molar-refractivity contribution in [2.45, 2.75) is 37.6 Å². The van der Waals surface area contributed by atoms with Crippen LogP contribution in [0.2, 0.25) is 0 Å². The van der Waals surface area contributed by atoms with Crippen molar-refractivity contribution >= 4 is 5.82 Å². The fourth-order valence-corrected chi connectivity index (χ4v) is 4.83. The van der Waals surface area contributed by atoms with Crippen LogP contribution in [0, 0.1) is 5.92 Å². The molecule has 0 radical (unpaired) electrons. The largest absolute Gasteiger partial charge is 0.355 e. The summed E-state index contributed by atoms with van der Waals surface area (Å²) in [4.78, 5) is 13.9. The summed E-state index contributed by atoms with van der Waals surface area (Å²) in [5.41, 5.74) is 3.49. The average Bonchev–Trinajstić information content (AvgIpc) is 3.47. The molecule has 1 saturated heterocycles. The first-order valence-electron chi connectivity index (χ1n) is 9.64. The zero-order valence-corrected chi connectivity index (χ0v) is 14.8. The Morgan fingerprint density at radius 3 is 2.68 bits per heavy atom. The summed E-state index contributed by atoms with van der Waals surface area (Å²) in [6.07, 6.45) is 10.7. The van der Waals surface area contributed by atoms with Crippen molar-refractivity contribution in [2.24, 2.45) is 5.92 Å². The third kappa shape index (κ3) is 2.93. The van der Waals surface area contributed by atoms with Crippen LogP contribution in [-0.4, -0.2) is 41.0 Å². The molecule has 2 aliphatic heterocycles. The van der Waals surface area contributed by atoms with Gasteiger partial charge in [-0.3, -0.25) is 9.88 Å². The first-order chi connectivity index (χ1) is 12.3. The van der Waals surface area contributed by atoms with Crippen LogP contribution < -0.4 is 4.90 Å². The van der Waals surface area contributed by atoms with E-state index in [1.165, 1.54) is 38.8 Å². The zero-order valence-electron chi connectivity index (χ0n) is 14.8. The molecule has 3 heterocycles. The highest BCUT2D eigenvalue weighted by Crippen LogP contribution is 2.43. The fraction of sp³-hybridized carbons (Fsp3) is 0.524. The number of benzene rings is 1. The van der Waals surface area contributed by atoms with Crippen molar-refractivity contribution < 1.29 is 0 Å². The Kier molecular flexibility index (Phi) is 3.74. The molecule has 1 aliphatic carbocycles. The summed E-state index contributed by atoms with van der Waals surface area (Å²) >= 11 is 0. The number of piperidine rings is 1. The quantitative estimate of drug-likeness (QED) is 0.862. The van der Waals surface area contributed by atoms with Crippen molar-refractivity contribution in [1.82, 2.24) is 14.9 Å². The molecule has 0 amide bonds. The van der Waals surface area contributed by atoms with Crippen molar-refractivity contribution in [2.75, 3.05) is 31.1 Å². The summed E-state index contributed by atoms with van der Waals surface area (Å²) in [5, 5.41) is 0. The molecule has 4 nitrogen and oxygen atoms in total. The lowest BCUT2D eigenvalue weighted by Gasteiger charge is -2.49. The summed E-state index contributed by atoms with van der Waals surface area (Å²) in [6, 6.07) is 9.18. The molecular weight excluding hydrogens is 308 g/mol. The van der Waals surface area contributed by atoms with Crippen LogP contribution in [0.15, 0.2) is 42.9 Å². The van der Waals surface area contributed by atoms with Crippen LogP contribution in [-0.2, 0) is 12.0 Å². The minimum atomic E-state index is 0.322. The molecule has 3 aliphatic rings. The molecule has 5 rings (SSSR count). The maximum absolute atomic E-state index is 4.50. The Morgan fingerprint density at radius 2 is 1.92 bits per heavy atom. The third-order valence-corrected chi connectivity index (χ3v) is 6.32. The van der Waals surface area contributed by atoms with Crippen LogP contribution in [0.25, 0.3) is 0 Å². The summed E-state index contributed by atoms with van der Waals surface area (Å²) in [7, 11) is 0. The number of nitrogens with zero attached hydrogens (tertiary/aromatic N) is 4. The average molecular weight is 334 g/mol. The zero-order chi connectivity index (χ0) is 16.7. The molecule has 2 fully saturated rings. The number of aromatic nitrogens is 2. The van der Waals surface area contributed by atoms with Crippen LogP contribution in [0.4, 0.5) is 5.82 Å². The van der Waals surface area contributed by atoms with E-state index in [0.29, 0.717) is 5.41 Å². The Bertz CT molecular complexity index is 733. The second kappa shape index (κ2) is 6.10. The van der Waals surface area contributed by atoms with Gasteiger partial charge in [-0.15, -0.1) is 0 Å². The van der Waals surface area contributed by atoms with E-state index >= 15 is 0 Å². The highest BCUT2D eigenvalue weighted by molar-refractivity contribution is 5.42. The van der Waals surface area contributed by atoms with Gasteiger partial charge in [0.15, 0.2) is 0 Å². The van der Waals surface area contributed by atoms with E-state index in [1.807, 2.05) is 6.20 Å². The molecule has 4 heteroatoms. The molecule has 1 saturated carbocycles. The van der Waals surface area contributed by atoms with Gasteiger partial charge in [0, 0.05) is 50.5 Å². The number of hydrogen-bond donors (Lipinski definition) is 0. The molecule has 0 N–H and O–H groups in total. The molecule has 0 unspecified atom stereocenters.